The van der Waals surface area contributed by atoms with Crippen molar-refractivity contribution in [1.29, 1.82) is 0 Å². The Morgan fingerprint density at radius 3 is 1.70 bits per heavy atom. The molecule has 368 valence electrons. The molecule has 18 nitrogen and oxygen atoms in total. The van der Waals surface area contributed by atoms with Crippen molar-refractivity contribution in [3.63, 3.8) is 0 Å². The molecule has 0 aliphatic rings. The van der Waals surface area contributed by atoms with Crippen LogP contribution in [0.4, 0.5) is 10.5 Å². The molecule has 0 fully saturated rings. The summed E-state index contributed by atoms with van der Waals surface area (Å²) in [6.45, 7) is 5.57. The second-order valence-corrected chi connectivity index (χ2v) is 16.7. The number of aromatic hydroxyl groups is 1. The number of benzene rings is 2. The van der Waals surface area contributed by atoms with Gasteiger partial charge in [0.25, 0.3) is 5.69 Å². The van der Waals surface area contributed by atoms with Gasteiger partial charge in [0.2, 0.25) is 5.91 Å². The van der Waals surface area contributed by atoms with E-state index in [1.807, 2.05) is 84.9 Å². The van der Waals surface area contributed by atoms with Gasteiger partial charge in [0, 0.05) is 94.7 Å². The predicted molar refractivity (Wildman–Crippen MR) is 263 cm³/mol. The number of carbonyl (C=O) groups excluding carboxylic acids is 2. The molecule has 0 radical (unpaired) electrons. The molecule has 0 saturated carbocycles. The second-order valence-electron chi connectivity index (χ2n) is 16.7. The lowest BCUT2D eigenvalue weighted by Crippen LogP contribution is -2.28. The molecule has 2 amide bonds. The lowest BCUT2D eigenvalue weighted by molar-refractivity contribution is -0.386. The van der Waals surface area contributed by atoms with E-state index in [2.05, 4.69) is 40.4 Å². The van der Waals surface area contributed by atoms with Crippen molar-refractivity contribution in [1.82, 2.24) is 40.4 Å². The van der Waals surface area contributed by atoms with Gasteiger partial charge < -0.3 is 35.7 Å². The van der Waals surface area contributed by atoms with Crippen LogP contribution >= 0.6 is 0 Å². The Kier molecular flexibility index (Phi) is 20.3. The highest BCUT2D eigenvalue weighted by atomic mass is 16.6. The lowest BCUT2D eigenvalue weighted by atomic mass is 10.00. The Morgan fingerprint density at radius 1 is 0.714 bits per heavy atom. The minimum absolute atomic E-state index is 0.107. The molecule has 6 aromatic rings. The monoisotopic (exact) mass is 954 g/mol. The Morgan fingerprint density at radius 2 is 1.24 bits per heavy atom. The Balaban J connectivity index is 1.18. The first kappa shape index (κ1) is 51.8. The maximum absolute atomic E-state index is 13.3. The number of unbranched alkanes of at least 4 members (excludes halogenated alkanes) is 1. The highest BCUT2D eigenvalue weighted by molar-refractivity contribution is 5.75. The van der Waals surface area contributed by atoms with Crippen LogP contribution < -0.4 is 25.8 Å². The van der Waals surface area contributed by atoms with Crippen LogP contribution in [-0.2, 0) is 55.2 Å². The summed E-state index contributed by atoms with van der Waals surface area (Å²) in [6.07, 6.45) is 7.76. The van der Waals surface area contributed by atoms with Crippen LogP contribution in [0.15, 0.2) is 122 Å². The van der Waals surface area contributed by atoms with Crippen LogP contribution in [0.1, 0.15) is 83.7 Å². The minimum Gasteiger partial charge on any atom is -0.507 e. The van der Waals surface area contributed by atoms with Gasteiger partial charge in [0.1, 0.15) is 11.9 Å². The standard InChI is InChI=1S/C52H62N10O8/c1-38(46-30-48(68-2)49(31-47(46)62(66)67)69-27-13-18-50(63)58-25-12-7-20-53)70-52(65)59-26-19-39-28-40(32-60(34-42-14-3-8-21-54-42)35-43-15-4-9-22-55-43)51(64)41(29-39)33-61(36-44-16-5-10-23-56-44)37-45-17-6-11-24-57-45/h3-6,8-11,14-17,21-24,28-31,38,64H,7,12-13,18-20,25-27,32-37,53H2,1-2H3,(H,58,63)(H,59,65). The molecule has 18 heteroatoms. The first-order valence-electron chi connectivity index (χ1n) is 23.4. The molecule has 0 aliphatic carbocycles. The zero-order chi connectivity index (χ0) is 49.5. The van der Waals surface area contributed by atoms with E-state index in [1.54, 1.807) is 24.8 Å². The first-order valence-corrected chi connectivity index (χ1v) is 23.4. The van der Waals surface area contributed by atoms with Gasteiger partial charge in [-0.25, -0.2) is 4.79 Å². The number of ether oxygens (including phenoxy) is 3. The number of amides is 2. The number of nitrogens with one attached hydrogen (secondary N) is 2. The summed E-state index contributed by atoms with van der Waals surface area (Å²) in [4.78, 5) is 59.9. The van der Waals surface area contributed by atoms with Crippen LogP contribution in [0, 0.1) is 10.1 Å². The number of phenols is 1. The summed E-state index contributed by atoms with van der Waals surface area (Å²) in [5, 5.41) is 30.1. The fourth-order valence-corrected chi connectivity index (χ4v) is 7.81. The molecular formula is C52H62N10O8. The van der Waals surface area contributed by atoms with Crippen molar-refractivity contribution in [3.05, 3.63) is 177 Å². The Hall–Kier alpha value is -7.54. The van der Waals surface area contributed by atoms with Gasteiger partial charge in [-0.15, -0.1) is 0 Å². The number of rotatable bonds is 28. The molecule has 5 N–H and O–H groups in total. The lowest BCUT2D eigenvalue weighted by Gasteiger charge is -2.26. The fourth-order valence-electron chi connectivity index (χ4n) is 7.81. The quantitative estimate of drug-likeness (QED) is 0.0214. The van der Waals surface area contributed by atoms with Crippen molar-refractivity contribution in [3.8, 4) is 17.2 Å². The van der Waals surface area contributed by atoms with Gasteiger partial charge in [-0.05, 0) is 99.3 Å². The van der Waals surface area contributed by atoms with Gasteiger partial charge in [-0.1, -0.05) is 36.4 Å². The summed E-state index contributed by atoms with van der Waals surface area (Å²) < 4.78 is 17.0. The topological polar surface area (TPSA) is 233 Å². The first-order chi connectivity index (χ1) is 34.1. The number of carbonyl (C=O) groups is 2. The minimum atomic E-state index is -1.05. The molecule has 4 aromatic heterocycles. The van der Waals surface area contributed by atoms with Crippen LogP contribution in [0.25, 0.3) is 0 Å². The van der Waals surface area contributed by atoms with E-state index in [9.17, 15) is 24.8 Å². The average molecular weight is 955 g/mol. The molecular weight excluding hydrogens is 893 g/mol. The maximum atomic E-state index is 13.3. The highest BCUT2D eigenvalue weighted by Crippen LogP contribution is 2.39. The third-order valence-corrected chi connectivity index (χ3v) is 11.2. The molecule has 70 heavy (non-hydrogen) atoms. The van der Waals surface area contributed by atoms with Crippen LogP contribution in [-0.4, -0.2) is 85.1 Å². The van der Waals surface area contributed by atoms with E-state index in [1.165, 1.54) is 26.2 Å². The van der Waals surface area contributed by atoms with Crippen molar-refractivity contribution < 1.29 is 33.8 Å². The Bertz CT molecular complexity index is 2370. The molecule has 0 bridgehead atoms. The van der Waals surface area contributed by atoms with E-state index < -0.39 is 17.1 Å². The van der Waals surface area contributed by atoms with E-state index >= 15 is 0 Å². The van der Waals surface area contributed by atoms with E-state index in [-0.39, 0.29) is 54.0 Å². The van der Waals surface area contributed by atoms with Crippen molar-refractivity contribution in [2.45, 2.75) is 84.4 Å². The summed E-state index contributed by atoms with van der Waals surface area (Å²) in [6, 6.07) is 29.7. The van der Waals surface area contributed by atoms with E-state index in [4.69, 9.17) is 19.9 Å². The van der Waals surface area contributed by atoms with Gasteiger partial charge in [0.15, 0.2) is 11.5 Å². The molecule has 6 rings (SSSR count). The number of methoxy groups -OCH3 is 1. The number of hydrogen-bond acceptors (Lipinski definition) is 15. The zero-order valence-corrected chi connectivity index (χ0v) is 39.7. The number of nitro groups is 1. The number of phenolic OH excluding ortho intramolecular Hbond substituents is 1. The van der Waals surface area contributed by atoms with Gasteiger partial charge in [-0.3, -0.25) is 44.6 Å². The van der Waals surface area contributed by atoms with E-state index in [0.717, 1.165) is 41.2 Å². The molecule has 4 heterocycles. The summed E-state index contributed by atoms with van der Waals surface area (Å²) in [5.41, 5.74) is 10.9. The van der Waals surface area contributed by atoms with Gasteiger partial charge in [0.05, 0.1) is 53.0 Å². The third kappa shape index (κ3) is 16.6. The summed E-state index contributed by atoms with van der Waals surface area (Å²) >= 11 is 0. The number of hydrogen-bond donors (Lipinski definition) is 4. The number of alkyl carbamates (subject to hydrolysis) is 1. The van der Waals surface area contributed by atoms with E-state index in [0.29, 0.717) is 76.3 Å². The average Bonchev–Trinajstić information content (AvgIpc) is 3.36. The maximum Gasteiger partial charge on any atom is 0.407 e. The van der Waals surface area contributed by atoms with Crippen molar-refractivity contribution in [2.75, 3.05) is 33.4 Å². The normalized spacial score (nSPS) is 11.6. The number of pyridine rings is 4. The number of nitro benzene ring substituents is 1. The molecule has 0 saturated heterocycles. The summed E-state index contributed by atoms with van der Waals surface area (Å²) in [5.74, 6) is 0.357. The molecule has 0 spiro atoms. The van der Waals surface area contributed by atoms with Crippen LogP contribution in [0.5, 0.6) is 17.2 Å². The second kappa shape index (κ2) is 27.5. The smallest absolute Gasteiger partial charge is 0.407 e. The zero-order valence-electron chi connectivity index (χ0n) is 39.7. The Labute approximate surface area is 408 Å². The largest absolute Gasteiger partial charge is 0.507 e. The van der Waals surface area contributed by atoms with Crippen molar-refractivity contribution in [2.24, 2.45) is 5.73 Å². The third-order valence-electron chi connectivity index (χ3n) is 11.2. The highest BCUT2D eigenvalue weighted by Gasteiger charge is 2.26. The molecule has 1 unspecified atom stereocenters. The molecule has 0 aliphatic heterocycles. The number of aromatic nitrogens is 4. The predicted octanol–water partition coefficient (Wildman–Crippen LogP) is 7.34. The van der Waals surface area contributed by atoms with Gasteiger partial charge >= 0.3 is 6.09 Å². The number of nitrogens with two attached hydrogens (primary N) is 1. The number of nitrogens with zero attached hydrogens (tertiary/aromatic N) is 7. The SMILES string of the molecule is COc1cc(C(C)OC(=O)NCCc2cc(CN(Cc3ccccn3)Cc3ccccn3)c(O)c(CN(Cc3ccccn3)Cc3ccccn3)c2)c([N+](=O)[O-])cc1OCCCC(=O)NCCCCN. The fraction of sp³-hybridized carbons (Fsp3) is 0.346. The molecule has 2 aromatic carbocycles. The van der Waals surface area contributed by atoms with Crippen LogP contribution in [0.3, 0.4) is 0 Å². The summed E-state index contributed by atoms with van der Waals surface area (Å²) in [7, 11) is 1.40. The van der Waals surface area contributed by atoms with Crippen molar-refractivity contribution >= 4 is 17.7 Å². The molecule has 1 atom stereocenters. The van der Waals surface area contributed by atoms with Gasteiger partial charge in [-0.2, -0.15) is 0 Å². The van der Waals surface area contributed by atoms with Crippen LogP contribution in [0.2, 0.25) is 0 Å².